The molecule has 0 saturated carbocycles. The second kappa shape index (κ2) is 35.6. The quantitative estimate of drug-likeness (QED) is 0.0262. The number of aliphatic hydroxyl groups is 6. The molecular weight excluding hydrogens is 1260 g/mol. The molecule has 6 amide bonds. The van der Waals surface area contributed by atoms with Crippen molar-refractivity contribution < 1.29 is 98.2 Å². The molecule has 94 heavy (non-hydrogen) atoms. The van der Waals surface area contributed by atoms with E-state index < -0.39 is 146 Å². The van der Waals surface area contributed by atoms with Gasteiger partial charge in [-0.05, 0) is 95.1 Å². The third-order valence-electron chi connectivity index (χ3n) is 15.5. The number of carbonyl (C=O) groups excluding carboxylic acids is 6. The van der Waals surface area contributed by atoms with Gasteiger partial charge in [-0.15, -0.1) is 0 Å². The molecule has 2 saturated heterocycles. The molecule has 0 spiro atoms. The van der Waals surface area contributed by atoms with Crippen LogP contribution in [-0.2, 0) is 38.1 Å². The Balaban J connectivity index is 0.773. The normalized spacial score (nSPS) is 22.3. The highest BCUT2D eigenvalue weighted by Crippen LogP contribution is 2.36. The van der Waals surface area contributed by atoms with Gasteiger partial charge in [-0.1, -0.05) is 84.9 Å². The lowest BCUT2D eigenvalue weighted by atomic mass is 9.88. The minimum atomic E-state index is -2.49. The number of hydrogen-bond acceptors (Lipinski definition) is 20. The van der Waals surface area contributed by atoms with Crippen molar-refractivity contribution in [3.05, 3.63) is 156 Å². The Morgan fingerprint density at radius 3 is 1.10 bits per heavy atom. The van der Waals surface area contributed by atoms with Gasteiger partial charge in [0.05, 0.1) is 49.7 Å². The third kappa shape index (κ3) is 20.6. The number of aliphatic carboxylic acids is 2. The van der Waals surface area contributed by atoms with Crippen LogP contribution in [0.5, 0.6) is 0 Å². The summed E-state index contributed by atoms with van der Waals surface area (Å²) in [7, 11) is 0. The Hall–Kier alpha value is -7.84. The summed E-state index contributed by atoms with van der Waals surface area (Å²) in [5.74, 6) is -9.64. The van der Waals surface area contributed by atoms with Crippen LogP contribution in [0.2, 0.25) is 0 Å². The first-order valence-corrected chi connectivity index (χ1v) is 32.7. The molecule has 0 bridgehead atoms. The number of benzene rings is 5. The number of carbonyl (C=O) groups is 8. The van der Waals surface area contributed by atoms with Gasteiger partial charge in [0.15, 0.2) is 0 Å². The van der Waals surface area contributed by atoms with Crippen molar-refractivity contribution in [2.24, 2.45) is 0 Å². The van der Waals surface area contributed by atoms with Crippen LogP contribution in [0.15, 0.2) is 133 Å². The molecule has 506 valence electrons. The van der Waals surface area contributed by atoms with Crippen LogP contribution < -0.4 is 31.9 Å². The fourth-order valence-electron chi connectivity index (χ4n) is 10.5. The number of amides is 6. The highest BCUT2D eigenvalue weighted by Gasteiger charge is 2.57. The monoisotopic (exact) mass is 1340 g/mol. The SMILES string of the molecule is CC(=O)N[C@@H]1[C@@H](O)C[C@](OCCCSCCNC(=O)c2ccc(C(=O)NCCSCCCO[C@]3(C(=O)O)C[C@H](O)[C@@H](NC(C)=O)[C@H](C(O)[C@H](O)CNC(=O)c4ccc(-c5ccccc5)cc4)O3)cc2)(C(=O)O)O[C@H]1C(O)[C@H](O)CNC(=O)c1ccc(-c2ccccc2)cc1. The van der Waals surface area contributed by atoms with Crippen LogP contribution in [0.3, 0.4) is 0 Å². The van der Waals surface area contributed by atoms with E-state index in [1.165, 1.54) is 47.8 Å². The van der Waals surface area contributed by atoms with Gasteiger partial charge < -0.3 is 91.7 Å². The van der Waals surface area contributed by atoms with Gasteiger partial charge in [-0.25, -0.2) is 9.59 Å². The molecule has 0 radical (unpaired) electrons. The molecule has 2 aliphatic rings. The molecule has 2 unspecified atom stereocenters. The van der Waals surface area contributed by atoms with Crippen molar-refractivity contribution in [2.45, 2.75) is 112 Å². The predicted molar refractivity (Wildman–Crippen MR) is 346 cm³/mol. The van der Waals surface area contributed by atoms with E-state index in [0.717, 1.165) is 36.1 Å². The molecule has 7 rings (SSSR count). The second-order valence-electron chi connectivity index (χ2n) is 22.4. The number of thioether (sulfide) groups is 2. The molecular formula is C66H80N6O20S2. The van der Waals surface area contributed by atoms with Crippen molar-refractivity contribution in [2.75, 3.05) is 62.4 Å². The molecule has 2 fully saturated rings. The lowest BCUT2D eigenvalue weighted by molar-refractivity contribution is -0.310. The fourth-order valence-corrected chi connectivity index (χ4v) is 12.1. The highest BCUT2D eigenvalue weighted by molar-refractivity contribution is 7.99. The largest absolute Gasteiger partial charge is 0.477 e. The maximum Gasteiger partial charge on any atom is 0.364 e. The van der Waals surface area contributed by atoms with Crippen molar-refractivity contribution in [1.82, 2.24) is 31.9 Å². The lowest BCUT2D eigenvalue weighted by Crippen LogP contribution is -2.68. The van der Waals surface area contributed by atoms with Gasteiger partial charge in [-0.2, -0.15) is 23.5 Å². The van der Waals surface area contributed by atoms with Gasteiger partial charge in [0.1, 0.15) is 24.4 Å². The molecule has 2 aliphatic heterocycles. The standard InChI is InChI=1S/C66H80N6O20S2/c1-39(73)71-53-49(75)35-65(63(85)86,91-57(53)55(79)51(77)37-69-61(83)47-19-15-43(16-20-47)41-11-5-3-6-12-41)89-29-9-31-93-33-27-67-59(81)45-23-25-46(26-24-45)60(82)68-28-34-94-32-10-30-90-66(64(87)88)36-50(76)54(72-40(2)74)58(92-66)56(80)52(78)38-70-62(84)48-21-17-44(18-22-48)42-13-7-4-8-14-42/h3-8,11-26,49-58,75-80H,9-10,27-38H2,1-2H3,(H,67,81)(H,68,82)(H,69,83)(H,70,84)(H,71,73)(H,72,74)(H,85,86)(H,87,88)/t49-,50-,51+,52+,53+,54+,55?,56?,57+,58+,65+,66+/m0/s1. The van der Waals surface area contributed by atoms with E-state index in [-0.39, 0.29) is 50.3 Å². The molecule has 2 heterocycles. The summed E-state index contributed by atoms with van der Waals surface area (Å²) in [5, 5.41) is 103. The van der Waals surface area contributed by atoms with E-state index in [2.05, 4.69) is 31.9 Å². The minimum Gasteiger partial charge on any atom is -0.477 e. The molecule has 0 aliphatic carbocycles. The van der Waals surface area contributed by atoms with Gasteiger partial charge in [0.25, 0.3) is 35.2 Å². The molecule has 14 N–H and O–H groups in total. The summed E-state index contributed by atoms with van der Waals surface area (Å²) < 4.78 is 23.2. The van der Waals surface area contributed by atoms with Gasteiger partial charge in [-0.3, -0.25) is 28.8 Å². The summed E-state index contributed by atoms with van der Waals surface area (Å²) in [6.45, 7) is 1.42. The van der Waals surface area contributed by atoms with Gasteiger partial charge in [0.2, 0.25) is 11.8 Å². The van der Waals surface area contributed by atoms with Crippen LogP contribution in [0.4, 0.5) is 0 Å². The van der Waals surface area contributed by atoms with Crippen LogP contribution in [0.1, 0.15) is 81.0 Å². The van der Waals surface area contributed by atoms with Gasteiger partial charge >= 0.3 is 11.9 Å². The summed E-state index contributed by atoms with van der Waals surface area (Å²) in [6, 6.07) is 35.6. The van der Waals surface area contributed by atoms with Gasteiger partial charge in [0, 0.05) is 86.6 Å². The average Bonchev–Trinajstić information content (AvgIpc) is 0.777. The van der Waals surface area contributed by atoms with E-state index >= 15 is 0 Å². The Bertz CT molecular complexity index is 3110. The topological polar surface area (TPSA) is 408 Å². The molecule has 26 nitrogen and oxygen atoms in total. The van der Waals surface area contributed by atoms with E-state index in [9.17, 15) is 79.2 Å². The summed E-state index contributed by atoms with van der Waals surface area (Å²) in [4.78, 5) is 102. The summed E-state index contributed by atoms with van der Waals surface area (Å²) in [5.41, 5.74) is 4.76. The zero-order valence-electron chi connectivity index (χ0n) is 51.7. The third-order valence-corrected chi connectivity index (χ3v) is 17.6. The van der Waals surface area contributed by atoms with E-state index in [1.807, 2.05) is 60.7 Å². The fraction of sp³-hybridized carbons (Fsp3) is 0.424. The Labute approximate surface area is 550 Å². The first-order valence-electron chi connectivity index (χ1n) is 30.4. The zero-order chi connectivity index (χ0) is 68.0. The minimum absolute atomic E-state index is 0.184. The van der Waals surface area contributed by atoms with Crippen molar-refractivity contribution in [3.8, 4) is 22.3 Å². The molecule has 28 heteroatoms. The smallest absolute Gasteiger partial charge is 0.364 e. The van der Waals surface area contributed by atoms with Crippen LogP contribution in [0, 0.1) is 0 Å². The average molecular weight is 1340 g/mol. The van der Waals surface area contributed by atoms with Crippen LogP contribution in [0.25, 0.3) is 22.3 Å². The van der Waals surface area contributed by atoms with Crippen molar-refractivity contribution >= 4 is 70.9 Å². The number of rotatable bonds is 34. The number of ether oxygens (including phenoxy) is 4. The zero-order valence-corrected chi connectivity index (χ0v) is 53.3. The maximum absolute atomic E-state index is 13.0. The van der Waals surface area contributed by atoms with E-state index in [1.54, 1.807) is 48.5 Å². The Kier molecular flexibility index (Phi) is 27.9. The number of nitrogens with one attached hydrogen (secondary N) is 6. The molecule has 12 atom stereocenters. The molecule has 5 aromatic carbocycles. The number of hydrogen-bond donors (Lipinski definition) is 14. The Morgan fingerprint density at radius 1 is 0.468 bits per heavy atom. The van der Waals surface area contributed by atoms with E-state index in [0.29, 0.717) is 34.1 Å². The van der Waals surface area contributed by atoms with Crippen molar-refractivity contribution in [1.29, 1.82) is 0 Å². The molecule has 5 aromatic rings. The van der Waals surface area contributed by atoms with E-state index in [4.69, 9.17) is 18.9 Å². The Morgan fingerprint density at radius 2 is 0.777 bits per heavy atom. The van der Waals surface area contributed by atoms with Crippen molar-refractivity contribution in [3.63, 3.8) is 0 Å². The lowest BCUT2D eigenvalue weighted by Gasteiger charge is -2.46. The number of carboxylic acid groups (broad SMARTS) is 2. The first-order chi connectivity index (χ1) is 45.0. The number of carboxylic acids is 2. The van der Waals surface area contributed by atoms with Crippen LogP contribution >= 0.6 is 23.5 Å². The number of aliphatic hydroxyl groups excluding tert-OH is 6. The maximum atomic E-state index is 13.0. The summed E-state index contributed by atoms with van der Waals surface area (Å²) in [6.07, 6.45) is -14.7. The predicted octanol–water partition coefficient (Wildman–Crippen LogP) is 1.93. The van der Waals surface area contributed by atoms with Crippen LogP contribution in [-0.4, -0.2) is 223 Å². The second-order valence-corrected chi connectivity index (χ2v) is 24.9. The first kappa shape index (κ1) is 73.6. The highest BCUT2D eigenvalue weighted by atomic mass is 32.2. The summed E-state index contributed by atoms with van der Waals surface area (Å²) >= 11 is 2.84. The molecule has 0 aromatic heterocycles.